The summed E-state index contributed by atoms with van der Waals surface area (Å²) in [6.45, 7) is 3.65. The van der Waals surface area contributed by atoms with E-state index in [0.29, 0.717) is 27.7 Å². The van der Waals surface area contributed by atoms with Crippen LogP contribution in [0.1, 0.15) is 21.7 Å². The molecule has 0 aliphatic rings. The van der Waals surface area contributed by atoms with Gasteiger partial charge in [-0.3, -0.25) is 4.79 Å². The molecule has 0 spiro atoms. The smallest absolute Gasteiger partial charge is 0.261 e. The number of anilines is 1. The van der Waals surface area contributed by atoms with Gasteiger partial charge in [0.25, 0.3) is 5.91 Å². The molecule has 6 heteroatoms. The van der Waals surface area contributed by atoms with Gasteiger partial charge in [-0.1, -0.05) is 50.9 Å². The Hall–Kier alpha value is -2.11. The van der Waals surface area contributed by atoms with E-state index < -0.39 is 0 Å². The van der Waals surface area contributed by atoms with Crippen molar-refractivity contribution in [3.63, 3.8) is 0 Å². The summed E-state index contributed by atoms with van der Waals surface area (Å²) in [5, 5.41) is 7.35. The fourth-order valence-electron chi connectivity index (χ4n) is 2.38. The largest absolute Gasteiger partial charge is 0.360 e. The average Bonchev–Trinajstić information content (AvgIpc) is 2.92. The molecule has 24 heavy (non-hydrogen) atoms. The monoisotopic (exact) mass is 404 g/mol. The number of hydrogen-bond donors (Lipinski definition) is 1. The van der Waals surface area contributed by atoms with Crippen LogP contribution in [0.5, 0.6) is 0 Å². The predicted octanol–water partition coefficient (Wildman–Crippen LogP) is 5.63. The SMILES string of the molecule is Cc1ccc(NC(=O)c2c(-c3cccc(Br)c3)noc2C)c(Cl)c1. The van der Waals surface area contributed by atoms with Crippen molar-refractivity contribution in [2.75, 3.05) is 5.32 Å². The van der Waals surface area contributed by atoms with E-state index in [4.69, 9.17) is 16.1 Å². The van der Waals surface area contributed by atoms with Crippen LogP contribution in [0.4, 0.5) is 5.69 Å². The van der Waals surface area contributed by atoms with Crippen molar-refractivity contribution >= 4 is 39.1 Å². The number of nitrogens with zero attached hydrogens (tertiary/aromatic N) is 1. The van der Waals surface area contributed by atoms with Crippen molar-refractivity contribution in [1.82, 2.24) is 5.16 Å². The fourth-order valence-corrected chi connectivity index (χ4v) is 3.06. The van der Waals surface area contributed by atoms with E-state index in [1.54, 1.807) is 19.1 Å². The summed E-state index contributed by atoms with van der Waals surface area (Å²) in [5.41, 5.74) is 3.25. The minimum atomic E-state index is -0.311. The van der Waals surface area contributed by atoms with Gasteiger partial charge in [0.2, 0.25) is 0 Å². The molecule has 3 rings (SSSR count). The number of aromatic nitrogens is 1. The molecule has 1 amide bonds. The van der Waals surface area contributed by atoms with Gasteiger partial charge in [-0.15, -0.1) is 0 Å². The normalized spacial score (nSPS) is 10.7. The third kappa shape index (κ3) is 3.37. The first kappa shape index (κ1) is 16.7. The molecule has 0 fully saturated rings. The van der Waals surface area contributed by atoms with Gasteiger partial charge in [0, 0.05) is 10.0 Å². The summed E-state index contributed by atoms with van der Waals surface area (Å²) in [5.74, 6) is 0.139. The summed E-state index contributed by atoms with van der Waals surface area (Å²) in [4.78, 5) is 12.7. The van der Waals surface area contributed by atoms with Crippen LogP contribution in [0.2, 0.25) is 5.02 Å². The molecule has 2 aromatic carbocycles. The van der Waals surface area contributed by atoms with E-state index in [-0.39, 0.29) is 5.91 Å². The van der Waals surface area contributed by atoms with Crippen molar-refractivity contribution in [3.8, 4) is 11.3 Å². The van der Waals surface area contributed by atoms with Gasteiger partial charge in [0.1, 0.15) is 17.0 Å². The standard InChI is InChI=1S/C18H14BrClN2O2/c1-10-6-7-15(14(20)8-10)21-18(23)16-11(2)24-22-17(16)12-4-3-5-13(19)9-12/h3-9H,1-2H3,(H,21,23). The number of rotatable bonds is 3. The Kier molecular flexibility index (Phi) is 4.73. The molecular formula is C18H14BrClN2O2. The van der Waals surface area contributed by atoms with E-state index in [2.05, 4.69) is 26.4 Å². The molecular weight excluding hydrogens is 392 g/mol. The van der Waals surface area contributed by atoms with Gasteiger partial charge >= 0.3 is 0 Å². The topological polar surface area (TPSA) is 55.1 Å². The molecule has 3 aromatic rings. The van der Waals surface area contributed by atoms with Gasteiger partial charge in [-0.05, 0) is 43.7 Å². The molecule has 0 unspecified atom stereocenters. The van der Waals surface area contributed by atoms with Gasteiger partial charge in [0.05, 0.1) is 10.7 Å². The second kappa shape index (κ2) is 6.79. The maximum Gasteiger partial charge on any atom is 0.261 e. The zero-order chi connectivity index (χ0) is 17.3. The second-order valence-electron chi connectivity index (χ2n) is 5.41. The lowest BCUT2D eigenvalue weighted by atomic mass is 10.1. The van der Waals surface area contributed by atoms with Crippen molar-refractivity contribution in [2.24, 2.45) is 0 Å². The molecule has 0 saturated carbocycles. The Morgan fingerprint density at radius 1 is 1.21 bits per heavy atom. The van der Waals surface area contributed by atoms with Gasteiger partial charge in [-0.2, -0.15) is 0 Å². The third-order valence-electron chi connectivity index (χ3n) is 3.56. The summed E-state index contributed by atoms with van der Waals surface area (Å²) in [6.07, 6.45) is 0. The van der Waals surface area contributed by atoms with Crippen LogP contribution in [0, 0.1) is 13.8 Å². The van der Waals surface area contributed by atoms with Crippen LogP contribution >= 0.6 is 27.5 Å². The quantitative estimate of drug-likeness (QED) is 0.614. The molecule has 0 bridgehead atoms. The highest BCUT2D eigenvalue weighted by Crippen LogP contribution is 2.29. The summed E-state index contributed by atoms with van der Waals surface area (Å²) >= 11 is 9.61. The predicted molar refractivity (Wildman–Crippen MR) is 98.5 cm³/mol. The minimum Gasteiger partial charge on any atom is -0.360 e. The van der Waals surface area contributed by atoms with Crippen LogP contribution in [-0.4, -0.2) is 11.1 Å². The molecule has 0 saturated heterocycles. The lowest BCUT2D eigenvalue weighted by Gasteiger charge is -2.08. The number of carbonyl (C=O) groups is 1. The molecule has 1 N–H and O–H groups in total. The Morgan fingerprint density at radius 2 is 2.00 bits per heavy atom. The Morgan fingerprint density at radius 3 is 2.71 bits per heavy atom. The zero-order valence-corrected chi connectivity index (χ0v) is 15.4. The van der Waals surface area contributed by atoms with E-state index in [9.17, 15) is 4.79 Å². The first-order chi connectivity index (χ1) is 11.5. The molecule has 122 valence electrons. The number of aryl methyl sites for hydroxylation is 2. The summed E-state index contributed by atoms with van der Waals surface area (Å²) in [6, 6.07) is 13.0. The summed E-state index contributed by atoms with van der Waals surface area (Å²) < 4.78 is 6.14. The average molecular weight is 406 g/mol. The maximum atomic E-state index is 12.7. The van der Waals surface area contributed by atoms with Crippen LogP contribution in [-0.2, 0) is 0 Å². The summed E-state index contributed by atoms with van der Waals surface area (Å²) in [7, 11) is 0. The van der Waals surface area contributed by atoms with E-state index >= 15 is 0 Å². The van der Waals surface area contributed by atoms with E-state index in [1.165, 1.54) is 0 Å². The lowest BCUT2D eigenvalue weighted by Crippen LogP contribution is -2.13. The molecule has 1 aromatic heterocycles. The number of carbonyl (C=O) groups excluding carboxylic acids is 1. The number of nitrogens with one attached hydrogen (secondary N) is 1. The molecule has 0 aliphatic carbocycles. The highest BCUT2D eigenvalue weighted by atomic mass is 79.9. The molecule has 1 heterocycles. The van der Waals surface area contributed by atoms with Crippen molar-refractivity contribution in [2.45, 2.75) is 13.8 Å². The Bertz CT molecular complexity index is 921. The van der Waals surface area contributed by atoms with Crippen LogP contribution < -0.4 is 5.32 Å². The van der Waals surface area contributed by atoms with Gasteiger partial charge < -0.3 is 9.84 Å². The lowest BCUT2D eigenvalue weighted by molar-refractivity contribution is 0.102. The van der Waals surface area contributed by atoms with Crippen LogP contribution in [0.25, 0.3) is 11.3 Å². The third-order valence-corrected chi connectivity index (χ3v) is 4.37. The Balaban J connectivity index is 1.97. The van der Waals surface area contributed by atoms with E-state index in [1.807, 2.05) is 37.3 Å². The van der Waals surface area contributed by atoms with Crippen molar-refractivity contribution in [1.29, 1.82) is 0 Å². The van der Waals surface area contributed by atoms with Gasteiger partial charge in [0.15, 0.2) is 0 Å². The highest BCUT2D eigenvalue weighted by molar-refractivity contribution is 9.10. The number of halogens is 2. The zero-order valence-electron chi connectivity index (χ0n) is 13.1. The van der Waals surface area contributed by atoms with Crippen LogP contribution in [0.15, 0.2) is 51.5 Å². The number of hydrogen-bond acceptors (Lipinski definition) is 3. The molecule has 0 atom stereocenters. The van der Waals surface area contributed by atoms with Crippen molar-refractivity contribution < 1.29 is 9.32 Å². The van der Waals surface area contributed by atoms with E-state index in [0.717, 1.165) is 15.6 Å². The first-order valence-electron chi connectivity index (χ1n) is 7.25. The van der Waals surface area contributed by atoms with Crippen molar-refractivity contribution in [3.05, 3.63) is 68.8 Å². The fraction of sp³-hybridized carbons (Fsp3) is 0.111. The second-order valence-corrected chi connectivity index (χ2v) is 6.73. The number of amides is 1. The number of benzene rings is 2. The highest BCUT2D eigenvalue weighted by Gasteiger charge is 2.22. The van der Waals surface area contributed by atoms with Gasteiger partial charge in [-0.25, -0.2) is 0 Å². The molecule has 0 aliphatic heterocycles. The molecule has 4 nitrogen and oxygen atoms in total. The first-order valence-corrected chi connectivity index (χ1v) is 8.42. The maximum absolute atomic E-state index is 12.7. The Labute approximate surface area is 152 Å². The van der Waals surface area contributed by atoms with Crippen LogP contribution in [0.3, 0.4) is 0 Å². The molecule has 0 radical (unpaired) electrons. The minimum absolute atomic E-state index is 0.311.